The molecule has 8 heteroatoms. The summed E-state index contributed by atoms with van der Waals surface area (Å²) in [5.41, 5.74) is 0.859. The lowest BCUT2D eigenvalue weighted by molar-refractivity contribution is -0.384. The molecular formula is C25H26N2O6. The van der Waals surface area contributed by atoms with Gasteiger partial charge in [-0.15, -0.1) is 0 Å². The fourth-order valence-corrected chi connectivity index (χ4v) is 3.17. The third-order valence-corrected chi connectivity index (χ3v) is 4.74. The molecule has 0 unspecified atom stereocenters. The highest BCUT2D eigenvalue weighted by Gasteiger charge is 2.20. The predicted octanol–water partition coefficient (Wildman–Crippen LogP) is 4.60. The van der Waals surface area contributed by atoms with Crippen LogP contribution in [0.25, 0.3) is 0 Å². The van der Waals surface area contributed by atoms with Gasteiger partial charge in [-0.05, 0) is 57.4 Å². The zero-order valence-corrected chi connectivity index (χ0v) is 18.8. The molecule has 0 radical (unpaired) electrons. The van der Waals surface area contributed by atoms with Gasteiger partial charge in [-0.2, -0.15) is 0 Å². The zero-order valence-electron chi connectivity index (χ0n) is 18.8. The molecule has 0 bridgehead atoms. The maximum Gasteiger partial charge on any atom is 0.344 e. The Balaban J connectivity index is 1.76. The Morgan fingerprint density at radius 1 is 1.03 bits per heavy atom. The number of aromatic amines is 1. The quantitative estimate of drug-likeness (QED) is 0.305. The van der Waals surface area contributed by atoms with E-state index in [1.54, 1.807) is 32.9 Å². The first-order chi connectivity index (χ1) is 15.6. The van der Waals surface area contributed by atoms with E-state index in [0.29, 0.717) is 36.5 Å². The van der Waals surface area contributed by atoms with Gasteiger partial charge in [0.2, 0.25) is 0 Å². The molecule has 0 aliphatic heterocycles. The van der Waals surface area contributed by atoms with Crippen molar-refractivity contribution in [3.05, 3.63) is 104 Å². The summed E-state index contributed by atoms with van der Waals surface area (Å²) < 4.78 is 11.2. The number of benzene rings is 2. The van der Waals surface area contributed by atoms with Gasteiger partial charge in [0.05, 0.1) is 4.92 Å². The smallest absolute Gasteiger partial charge is 0.344 e. The molecule has 0 saturated heterocycles. The van der Waals surface area contributed by atoms with Crippen LogP contribution in [0, 0.1) is 10.1 Å². The number of pyridine rings is 1. The van der Waals surface area contributed by atoms with E-state index in [1.807, 2.05) is 30.3 Å². The van der Waals surface area contributed by atoms with Crippen molar-refractivity contribution < 1.29 is 19.2 Å². The molecule has 0 aliphatic carbocycles. The molecule has 1 heterocycles. The SMILES string of the molecule is CC(C)(C)OC(=O)c1ccc(CCc2cc([N+](=O)[O-])ccc2OCc2ccccc2)[nH]c1=O. The van der Waals surface area contributed by atoms with Gasteiger partial charge >= 0.3 is 5.97 Å². The van der Waals surface area contributed by atoms with Gasteiger partial charge in [-0.25, -0.2) is 4.79 Å². The Kier molecular flexibility index (Phi) is 7.27. The zero-order chi connectivity index (χ0) is 24.0. The van der Waals surface area contributed by atoms with Gasteiger partial charge in [0, 0.05) is 23.4 Å². The van der Waals surface area contributed by atoms with Crippen LogP contribution in [-0.4, -0.2) is 21.5 Å². The topological polar surface area (TPSA) is 112 Å². The van der Waals surface area contributed by atoms with Crippen molar-refractivity contribution >= 4 is 11.7 Å². The standard InChI is InChI=1S/C25H26N2O6/c1-25(2,3)33-24(29)21-13-11-19(26-23(21)28)10-9-18-15-20(27(30)31)12-14-22(18)32-16-17-7-5-4-6-8-17/h4-8,11-15H,9-10,16H2,1-3H3,(H,26,28). The van der Waals surface area contributed by atoms with Crippen molar-refractivity contribution in [1.82, 2.24) is 4.98 Å². The Morgan fingerprint density at radius 2 is 1.76 bits per heavy atom. The first-order valence-corrected chi connectivity index (χ1v) is 10.5. The van der Waals surface area contributed by atoms with Crippen LogP contribution in [0.4, 0.5) is 5.69 Å². The van der Waals surface area contributed by atoms with Crippen LogP contribution < -0.4 is 10.3 Å². The molecular weight excluding hydrogens is 424 g/mol. The number of ether oxygens (including phenoxy) is 2. The number of carbonyl (C=O) groups is 1. The van der Waals surface area contributed by atoms with Gasteiger partial charge < -0.3 is 14.5 Å². The molecule has 0 amide bonds. The van der Waals surface area contributed by atoms with Gasteiger partial charge in [0.1, 0.15) is 23.5 Å². The molecule has 0 spiro atoms. The number of hydrogen-bond acceptors (Lipinski definition) is 6. The van der Waals surface area contributed by atoms with Crippen LogP contribution in [0.5, 0.6) is 5.75 Å². The lowest BCUT2D eigenvalue weighted by Crippen LogP contribution is -2.28. The normalized spacial score (nSPS) is 11.1. The van der Waals surface area contributed by atoms with Crippen molar-refractivity contribution in [2.24, 2.45) is 0 Å². The summed E-state index contributed by atoms with van der Waals surface area (Å²) in [6.45, 7) is 5.50. The summed E-state index contributed by atoms with van der Waals surface area (Å²) in [4.78, 5) is 38.0. The van der Waals surface area contributed by atoms with Crippen molar-refractivity contribution in [3.63, 3.8) is 0 Å². The number of aryl methyl sites for hydroxylation is 2. The van der Waals surface area contributed by atoms with Gasteiger partial charge in [-0.1, -0.05) is 30.3 Å². The van der Waals surface area contributed by atoms with E-state index >= 15 is 0 Å². The molecule has 0 aliphatic rings. The number of carbonyl (C=O) groups excluding carboxylic acids is 1. The van der Waals surface area contributed by atoms with Gasteiger partial charge in [-0.3, -0.25) is 14.9 Å². The largest absolute Gasteiger partial charge is 0.489 e. The average molecular weight is 450 g/mol. The maximum absolute atomic E-state index is 12.4. The molecule has 0 fully saturated rings. The Labute approximate surface area is 191 Å². The van der Waals surface area contributed by atoms with E-state index in [0.717, 1.165) is 5.56 Å². The molecule has 3 rings (SSSR count). The Hall–Kier alpha value is -3.94. The van der Waals surface area contributed by atoms with Crippen LogP contribution in [0.3, 0.4) is 0 Å². The number of nitrogens with one attached hydrogen (secondary N) is 1. The van der Waals surface area contributed by atoms with Crippen molar-refractivity contribution in [2.45, 2.75) is 45.8 Å². The van der Waals surface area contributed by atoms with E-state index in [2.05, 4.69) is 4.98 Å². The predicted molar refractivity (Wildman–Crippen MR) is 124 cm³/mol. The minimum absolute atomic E-state index is 0.0363. The van der Waals surface area contributed by atoms with Crippen molar-refractivity contribution in [1.29, 1.82) is 0 Å². The summed E-state index contributed by atoms with van der Waals surface area (Å²) in [7, 11) is 0. The number of nitrogens with zero attached hydrogens (tertiary/aromatic N) is 1. The maximum atomic E-state index is 12.4. The first kappa shape index (κ1) is 23.7. The van der Waals surface area contributed by atoms with Crippen molar-refractivity contribution in [3.8, 4) is 5.75 Å². The van der Waals surface area contributed by atoms with Gasteiger partial charge in [0.15, 0.2) is 0 Å². The second-order valence-corrected chi connectivity index (χ2v) is 8.55. The van der Waals surface area contributed by atoms with E-state index in [9.17, 15) is 19.7 Å². The third kappa shape index (κ3) is 6.77. The third-order valence-electron chi connectivity index (χ3n) is 4.74. The number of nitro benzene ring substituents is 1. The van der Waals surface area contributed by atoms with Crippen LogP contribution in [0.2, 0.25) is 0 Å². The minimum atomic E-state index is -0.708. The van der Waals surface area contributed by atoms with E-state index < -0.39 is 22.1 Å². The molecule has 1 N–H and O–H groups in total. The molecule has 172 valence electrons. The Morgan fingerprint density at radius 3 is 2.39 bits per heavy atom. The molecule has 0 atom stereocenters. The summed E-state index contributed by atoms with van der Waals surface area (Å²) in [6, 6.07) is 17.1. The highest BCUT2D eigenvalue weighted by atomic mass is 16.6. The van der Waals surface area contributed by atoms with E-state index in [1.165, 1.54) is 18.2 Å². The first-order valence-electron chi connectivity index (χ1n) is 10.5. The number of H-pyrrole nitrogens is 1. The average Bonchev–Trinajstić information content (AvgIpc) is 2.76. The number of hydrogen-bond donors (Lipinski definition) is 1. The highest BCUT2D eigenvalue weighted by molar-refractivity contribution is 5.89. The monoisotopic (exact) mass is 450 g/mol. The fourth-order valence-electron chi connectivity index (χ4n) is 3.17. The highest BCUT2D eigenvalue weighted by Crippen LogP contribution is 2.26. The molecule has 8 nitrogen and oxygen atoms in total. The van der Waals surface area contributed by atoms with Crippen LogP contribution in [0.1, 0.15) is 48.0 Å². The second-order valence-electron chi connectivity index (χ2n) is 8.55. The number of rotatable bonds is 8. The fraction of sp³-hybridized carbons (Fsp3) is 0.280. The number of nitro groups is 1. The summed E-state index contributed by atoms with van der Waals surface area (Å²) in [5, 5.41) is 11.2. The second kappa shape index (κ2) is 10.1. The Bertz CT molecular complexity index is 1200. The molecule has 2 aromatic carbocycles. The van der Waals surface area contributed by atoms with Crippen LogP contribution in [0.15, 0.2) is 65.5 Å². The van der Waals surface area contributed by atoms with Crippen LogP contribution in [-0.2, 0) is 24.2 Å². The van der Waals surface area contributed by atoms with Crippen molar-refractivity contribution in [2.75, 3.05) is 0 Å². The summed E-state index contributed by atoms with van der Waals surface area (Å²) in [6.07, 6.45) is 0.792. The molecule has 3 aromatic rings. The van der Waals surface area contributed by atoms with Crippen LogP contribution >= 0.6 is 0 Å². The van der Waals surface area contributed by atoms with E-state index in [-0.39, 0.29) is 11.3 Å². The molecule has 33 heavy (non-hydrogen) atoms. The van der Waals surface area contributed by atoms with E-state index in [4.69, 9.17) is 9.47 Å². The molecule has 1 aromatic heterocycles. The summed E-state index contributed by atoms with van der Waals surface area (Å²) in [5.74, 6) is -0.150. The minimum Gasteiger partial charge on any atom is -0.489 e. The summed E-state index contributed by atoms with van der Waals surface area (Å²) >= 11 is 0. The number of non-ortho nitro benzene ring substituents is 1. The number of aromatic nitrogens is 1. The number of esters is 1. The van der Waals surface area contributed by atoms with Gasteiger partial charge in [0.25, 0.3) is 11.2 Å². The lowest BCUT2D eigenvalue weighted by Gasteiger charge is -2.19. The lowest BCUT2D eigenvalue weighted by atomic mass is 10.1. The molecule has 0 saturated carbocycles.